The predicted octanol–water partition coefficient (Wildman–Crippen LogP) is 15.7. The first-order valence-electron chi connectivity index (χ1n) is 19.3. The quantitative estimate of drug-likeness (QED) is 0.177. The molecule has 0 atom stereocenters. The zero-order valence-corrected chi connectivity index (χ0v) is 30.7. The predicted molar refractivity (Wildman–Crippen MR) is 235 cm³/mol. The van der Waals surface area contributed by atoms with Gasteiger partial charge in [-0.25, -0.2) is 0 Å². The second-order valence-electron chi connectivity index (χ2n) is 14.9. The second-order valence-corrected chi connectivity index (χ2v) is 14.9. The molecule has 0 fully saturated rings. The minimum absolute atomic E-state index is 0.841. The Morgan fingerprint density at radius 2 is 0.439 bits per heavy atom. The van der Waals surface area contributed by atoms with Gasteiger partial charge in [0.1, 0.15) is 33.5 Å². The maximum atomic E-state index is 6.50. The summed E-state index contributed by atoms with van der Waals surface area (Å²) >= 11 is 0. The van der Waals surface area contributed by atoms with Crippen molar-refractivity contribution in [3.8, 4) is 55.6 Å². The van der Waals surface area contributed by atoms with Gasteiger partial charge in [-0.15, -0.1) is 0 Å². The van der Waals surface area contributed by atoms with Crippen LogP contribution in [0, 0.1) is 0 Å². The SMILES string of the molecule is c1ccc(-c2cccc(-c3cccc(-c4ccc5oc6cc7c(cc6c5c4)oc4ccc(-c5ccc6oc8ccc(-c9ccccc9)cc8c6c5)cc47)c3)c2)cc1. The van der Waals surface area contributed by atoms with Gasteiger partial charge in [0.05, 0.1) is 0 Å². The fourth-order valence-corrected chi connectivity index (χ4v) is 8.56. The molecule has 0 aliphatic heterocycles. The summed E-state index contributed by atoms with van der Waals surface area (Å²) < 4.78 is 19.3. The molecule has 0 amide bonds. The lowest BCUT2D eigenvalue weighted by molar-refractivity contribution is 0.664. The van der Waals surface area contributed by atoms with Crippen molar-refractivity contribution in [2.75, 3.05) is 0 Å². The van der Waals surface area contributed by atoms with Crippen LogP contribution in [0.1, 0.15) is 0 Å². The molecule has 0 aliphatic carbocycles. The number of furan rings is 3. The van der Waals surface area contributed by atoms with E-state index in [-0.39, 0.29) is 0 Å². The molecule has 0 unspecified atom stereocenters. The number of hydrogen-bond donors (Lipinski definition) is 0. The normalized spacial score (nSPS) is 11.9. The van der Waals surface area contributed by atoms with Crippen molar-refractivity contribution in [3.05, 3.63) is 194 Å². The third kappa shape index (κ3) is 5.28. The van der Waals surface area contributed by atoms with Gasteiger partial charge in [0.2, 0.25) is 0 Å². The largest absolute Gasteiger partial charge is 0.456 e. The van der Waals surface area contributed by atoms with E-state index in [1.807, 2.05) is 6.07 Å². The summed E-state index contributed by atoms with van der Waals surface area (Å²) in [5.74, 6) is 0. The van der Waals surface area contributed by atoms with Crippen LogP contribution in [0.25, 0.3) is 121 Å². The Balaban J connectivity index is 0.913. The van der Waals surface area contributed by atoms with Crippen LogP contribution in [-0.4, -0.2) is 0 Å². The molecule has 266 valence electrons. The van der Waals surface area contributed by atoms with Gasteiger partial charge < -0.3 is 13.3 Å². The van der Waals surface area contributed by atoms with Gasteiger partial charge in [-0.2, -0.15) is 0 Å². The molecule has 12 aromatic rings. The summed E-state index contributed by atoms with van der Waals surface area (Å²) in [6.45, 7) is 0. The topological polar surface area (TPSA) is 39.4 Å². The minimum atomic E-state index is 0.841. The fraction of sp³-hybridized carbons (Fsp3) is 0. The van der Waals surface area contributed by atoms with Crippen LogP contribution < -0.4 is 0 Å². The summed E-state index contributed by atoms with van der Waals surface area (Å²) in [6, 6.07) is 68.6. The van der Waals surface area contributed by atoms with Crippen molar-refractivity contribution < 1.29 is 13.3 Å². The Morgan fingerprint density at radius 1 is 0.175 bits per heavy atom. The van der Waals surface area contributed by atoms with Gasteiger partial charge in [0.15, 0.2) is 0 Å². The highest BCUT2D eigenvalue weighted by Gasteiger charge is 2.16. The van der Waals surface area contributed by atoms with Crippen LogP contribution in [0.5, 0.6) is 0 Å². The average Bonchev–Trinajstić information content (AvgIpc) is 3.95. The average molecular weight is 729 g/mol. The van der Waals surface area contributed by atoms with E-state index in [4.69, 9.17) is 13.3 Å². The molecule has 9 aromatic carbocycles. The summed E-state index contributed by atoms with van der Waals surface area (Å²) in [7, 11) is 0. The molecule has 3 heteroatoms. The summed E-state index contributed by atoms with van der Waals surface area (Å²) in [5.41, 5.74) is 16.8. The van der Waals surface area contributed by atoms with Crippen molar-refractivity contribution in [1.82, 2.24) is 0 Å². The molecule has 3 nitrogen and oxygen atoms in total. The first-order valence-corrected chi connectivity index (χ1v) is 19.3. The standard InChI is InChI=1S/C54H32O3/c1-3-9-33(10-4-1)35-13-7-14-36(25-35)37-15-8-16-38(26-37)40-18-23-51-45(28-40)47-31-54-48(32-53(47)56-51)46-30-42(20-24-52(46)57-54)41-19-22-50-44(29-41)43-27-39(17-21-49(43)55-50)34-11-5-2-6-12-34/h1-32H. The molecule has 3 heterocycles. The van der Waals surface area contributed by atoms with Crippen LogP contribution >= 0.6 is 0 Å². The van der Waals surface area contributed by atoms with E-state index in [0.29, 0.717) is 0 Å². The van der Waals surface area contributed by atoms with Crippen LogP contribution in [-0.2, 0) is 0 Å². The molecule has 0 bridgehead atoms. The lowest BCUT2D eigenvalue weighted by Gasteiger charge is -2.09. The van der Waals surface area contributed by atoms with E-state index >= 15 is 0 Å². The highest BCUT2D eigenvalue weighted by molar-refractivity contribution is 6.16. The van der Waals surface area contributed by atoms with E-state index < -0.39 is 0 Å². The minimum Gasteiger partial charge on any atom is -0.456 e. The molecule has 12 rings (SSSR count). The molecule has 3 aromatic heterocycles. The summed E-state index contributed by atoms with van der Waals surface area (Å²) in [4.78, 5) is 0. The van der Waals surface area contributed by atoms with Crippen molar-refractivity contribution >= 4 is 65.8 Å². The Hall–Kier alpha value is -7.62. The van der Waals surface area contributed by atoms with E-state index in [1.54, 1.807) is 0 Å². The highest BCUT2D eigenvalue weighted by atomic mass is 16.3. The third-order valence-corrected chi connectivity index (χ3v) is 11.5. The van der Waals surface area contributed by atoms with Crippen LogP contribution in [0.15, 0.2) is 207 Å². The smallest absolute Gasteiger partial charge is 0.136 e. The van der Waals surface area contributed by atoms with Gasteiger partial charge in [0, 0.05) is 32.3 Å². The molecule has 0 N–H and O–H groups in total. The summed E-state index contributed by atoms with van der Waals surface area (Å²) in [5, 5.41) is 6.41. The number of hydrogen-bond acceptors (Lipinski definition) is 3. The summed E-state index contributed by atoms with van der Waals surface area (Å²) in [6.07, 6.45) is 0. The molecular formula is C54H32O3. The number of rotatable bonds is 5. The zero-order valence-electron chi connectivity index (χ0n) is 30.7. The Morgan fingerprint density at radius 3 is 0.807 bits per heavy atom. The number of fused-ring (bicyclic) bond motifs is 9. The Labute approximate surface area is 327 Å². The van der Waals surface area contributed by atoms with Crippen molar-refractivity contribution in [3.63, 3.8) is 0 Å². The van der Waals surface area contributed by atoms with Gasteiger partial charge >= 0.3 is 0 Å². The van der Waals surface area contributed by atoms with Gasteiger partial charge in [0.25, 0.3) is 0 Å². The van der Waals surface area contributed by atoms with E-state index in [9.17, 15) is 0 Å². The lowest BCUT2D eigenvalue weighted by atomic mass is 9.95. The van der Waals surface area contributed by atoms with Crippen LogP contribution in [0.4, 0.5) is 0 Å². The molecular weight excluding hydrogens is 697 g/mol. The highest BCUT2D eigenvalue weighted by Crippen LogP contribution is 2.41. The van der Waals surface area contributed by atoms with Crippen molar-refractivity contribution in [1.29, 1.82) is 0 Å². The van der Waals surface area contributed by atoms with Gasteiger partial charge in [-0.05, 0) is 128 Å². The van der Waals surface area contributed by atoms with Gasteiger partial charge in [-0.3, -0.25) is 0 Å². The molecule has 0 saturated heterocycles. The van der Waals surface area contributed by atoms with Crippen molar-refractivity contribution in [2.24, 2.45) is 0 Å². The molecule has 0 radical (unpaired) electrons. The fourth-order valence-electron chi connectivity index (χ4n) is 8.56. The van der Waals surface area contributed by atoms with Crippen LogP contribution in [0.3, 0.4) is 0 Å². The molecule has 0 spiro atoms. The number of benzene rings is 9. The molecule has 0 aliphatic rings. The van der Waals surface area contributed by atoms with Crippen molar-refractivity contribution in [2.45, 2.75) is 0 Å². The molecule has 0 saturated carbocycles. The van der Waals surface area contributed by atoms with Gasteiger partial charge in [-0.1, -0.05) is 121 Å². The Kier molecular flexibility index (Phi) is 6.93. The van der Waals surface area contributed by atoms with Crippen LogP contribution in [0.2, 0.25) is 0 Å². The van der Waals surface area contributed by atoms with E-state index in [0.717, 1.165) is 88.1 Å². The first kappa shape index (κ1) is 31.7. The molecule has 57 heavy (non-hydrogen) atoms. The monoisotopic (exact) mass is 728 g/mol. The van der Waals surface area contributed by atoms with E-state index in [2.05, 4.69) is 188 Å². The Bertz CT molecular complexity index is 3510. The lowest BCUT2D eigenvalue weighted by Crippen LogP contribution is -1.83. The zero-order chi connectivity index (χ0) is 37.5. The third-order valence-electron chi connectivity index (χ3n) is 11.5. The maximum Gasteiger partial charge on any atom is 0.136 e. The second kappa shape index (κ2) is 12.5. The maximum absolute atomic E-state index is 6.50. The first-order chi connectivity index (χ1) is 28.2. The van der Waals surface area contributed by atoms with E-state index in [1.165, 1.54) is 33.4 Å².